The zero-order valence-corrected chi connectivity index (χ0v) is 12.6. The monoisotopic (exact) mass is 305 g/mol. The Labute approximate surface area is 116 Å². The smallest absolute Gasteiger partial charge is 0.240 e. The number of nitrogens with one attached hydrogen (secondary N) is 1. The van der Waals surface area contributed by atoms with Crippen LogP contribution < -0.4 is 16.2 Å². The van der Waals surface area contributed by atoms with Gasteiger partial charge in [-0.2, -0.15) is 0 Å². The van der Waals surface area contributed by atoms with Crippen molar-refractivity contribution in [3.63, 3.8) is 0 Å². The maximum Gasteiger partial charge on any atom is 0.240 e. The molecule has 1 rings (SSSR count). The second-order valence-corrected chi connectivity index (χ2v) is 7.66. The highest BCUT2D eigenvalue weighted by Gasteiger charge is 2.14. The van der Waals surface area contributed by atoms with Gasteiger partial charge in [0.1, 0.15) is 4.90 Å². The fourth-order valence-electron chi connectivity index (χ4n) is 1.50. The van der Waals surface area contributed by atoms with E-state index >= 15 is 0 Å². The number of sulfonamides is 1. The first-order valence-corrected chi connectivity index (χ1v) is 8.87. The summed E-state index contributed by atoms with van der Waals surface area (Å²) in [4.78, 5) is -0.0298. The van der Waals surface area contributed by atoms with E-state index in [1.165, 1.54) is 6.07 Å². The molecule has 0 aliphatic heterocycles. The third-order valence-corrected chi connectivity index (χ3v) is 5.06. The molecule has 2 unspecified atom stereocenters. The van der Waals surface area contributed by atoms with Gasteiger partial charge in [0.15, 0.2) is 0 Å². The summed E-state index contributed by atoms with van der Waals surface area (Å²) in [5, 5.41) is 8.16. The Balaban J connectivity index is 2.82. The van der Waals surface area contributed by atoms with Crippen molar-refractivity contribution in [1.82, 2.24) is 0 Å². The minimum absolute atomic E-state index is 0.0298. The number of rotatable bonds is 6. The summed E-state index contributed by atoms with van der Waals surface area (Å²) in [5.41, 5.74) is 6.29. The molecule has 0 aliphatic rings. The van der Waals surface area contributed by atoms with Crippen LogP contribution in [0.15, 0.2) is 23.1 Å². The van der Waals surface area contributed by atoms with Crippen LogP contribution >= 0.6 is 0 Å². The second-order valence-electron chi connectivity index (χ2n) is 4.33. The van der Waals surface area contributed by atoms with Gasteiger partial charge < -0.3 is 11.1 Å². The summed E-state index contributed by atoms with van der Waals surface area (Å²) in [6, 6.07) is 4.49. The van der Waals surface area contributed by atoms with Crippen molar-refractivity contribution < 1.29 is 12.6 Å². The molecule has 0 saturated heterocycles. The standard InChI is InChI=1S/C11H19N3O3S2/c1-8(18(2)15)5-6-14-10-4-3-9(12)7-11(10)19(13,16)17/h3-4,7-8,14H,5-6,12H2,1-2H3,(H2,13,16,17). The van der Waals surface area contributed by atoms with Crippen LogP contribution in [0.5, 0.6) is 0 Å². The molecular weight excluding hydrogens is 286 g/mol. The summed E-state index contributed by atoms with van der Waals surface area (Å²) in [6.07, 6.45) is 2.31. The van der Waals surface area contributed by atoms with E-state index in [1.54, 1.807) is 18.4 Å². The van der Waals surface area contributed by atoms with Gasteiger partial charge in [-0.1, -0.05) is 6.92 Å². The Kier molecular flexibility index (Phi) is 5.33. The van der Waals surface area contributed by atoms with Gasteiger partial charge in [-0.15, -0.1) is 0 Å². The van der Waals surface area contributed by atoms with E-state index in [0.29, 0.717) is 24.3 Å². The van der Waals surface area contributed by atoms with Crippen molar-refractivity contribution in [3.8, 4) is 0 Å². The van der Waals surface area contributed by atoms with Gasteiger partial charge in [0, 0.05) is 34.5 Å². The fraction of sp³-hybridized carbons (Fsp3) is 0.455. The Morgan fingerprint density at radius 3 is 2.58 bits per heavy atom. The normalized spacial score (nSPS) is 14.9. The highest BCUT2D eigenvalue weighted by Crippen LogP contribution is 2.22. The van der Waals surface area contributed by atoms with Crippen LogP contribution in [-0.4, -0.2) is 30.7 Å². The number of hydrogen-bond acceptors (Lipinski definition) is 5. The third kappa shape index (κ3) is 4.81. The maximum atomic E-state index is 11.4. The van der Waals surface area contributed by atoms with E-state index in [4.69, 9.17) is 10.9 Å². The minimum atomic E-state index is -3.83. The largest absolute Gasteiger partial charge is 0.399 e. The molecule has 0 spiro atoms. The van der Waals surface area contributed by atoms with Crippen molar-refractivity contribution in [2.24, 2.45) is 5.14 Å². The predicted octanol–water partition coefficient (Wildman–Crippen LogP) is 0.485. The van der Waals surface area contributed by atoms with Gasteiger partial charge >= 0.3 is 0 Å². The summed E-state index contributed by atoms with van der Waals surface area (Å²) >= 11 is 0. The highest BCUT2D eigenvalue weighted by atomic mass is 32.2. The van der Waals surface area contributed by atoms with Crippen LogP contribution in [0.2, 0.25) is 0 Å². The quantitative estimate of drug-likeness (QED) is 0.661. The average Bonchev–Trinajstić information content (AvgIpc) is 2.29. The van der Waals surface area contributed by atoms with Crippen LogP contribution in [0.3, 0.4) is 0 Å². The molecule has 0 radical (unpaired) electrons. The molecule has 8 heteroatoms. The molecule has 19 heavy (non-hydrogen) atoms. The predicted molar refractivity (Wildman–Crippen MR) is 78.9 cm³/mol. The molecule has 0 bridgehead atoms. The van der Waals surface area contributed by atoms with Gasteiger partial charge in [0.2, 0.25) is 10.0 Å². The van der Waals surface area contributed by atoms with Crippen LogP contribution in [0.1, 0.15) is 13.3 Å². The fourth-order valence-corrected chi connectivity index (χ4v) is 2.69. The molecule has 1 aromatic rings. The first-order valence-electron chi connectivity index (χ1n) is 5.70. The number of hydrogen-bond donors (Lipinski definition) is 3. The third-order valence-electron chi connectivity index (χ3n) is 2.75. The lowest BCUT2D eigenvalue weighted by molar-refractivity contribution is 0.598. The van der Waals surface area contributed by atoms with Gasteiger partial charge in [-0.05, 0) is 24.6 Å². The molecule has 5 N–H and O–H groups in total. The van der Waals surface area contributed by atoms with E-state index in [-0.39, 0.29) is 10.1 Å². The lowest BCUT2D eigenvalue weighted by Gasteiger charge is -2.13. The van der Waals surface area contributed by atoms with Crippen molar-refractivity contribution in [2.75, 3.05) is 23.9 Å². The lowest BCUT2D eigenvalue weighted by atomic mass is 10.2. The summed E-state index contributed by atoms with van der Waals surface area (Å²) < 4.78 is 34.1. The molecule has 0 aliphatic carbocycles. The molecule has 1 aromatic carbocycles. The van der Waals surface area contributed by atoms with Crippen molar-refractivity contribution in [2.45, 2.75) is 23.5 Å². The molecule has 0 aromatic heterocycles. The van der Waals surface area contributed by atoms with Crippen LogP contribution in [0, 0.1) is 0 Å². The Morgan fingerprint density at radius 2 is 2.05 bits per heavy atom. The summed E-state index contributed by atoms with van der Waals surface area (Å²) in [6.45, 7) is 2.38. The van der Waals surface area contributed by atoms with Gasteiger partial charge in [0.25, 0.3) is 0 Å². The molecule has 2 atom stereocenters. The lowest BCUT2D eigenvalue weighted by Crippen LogP contribution is -2.18. The van der Waals surface area contributed by atoms with Crippen LogP contribution in [0.4, 0.5) is 11.4 Å². The van der Waals surface area contributed by atoms with Crippen LogP contribution in [0.25, 0.3) is 0 Å². The topological polar surface area (TPSA) is 115 Å². The first kappa shape index (κ1) is 15.9. The molecule has 108 valence electrons. The number of primary sulfonamides is 1. The van der Waals surface area contributed by atoms with E-state index in [1.807, 2.05) is 6.92 Å². The summed E-state index contributed by atoms with van der Waals surface area (Å²) in [5.74, 6) is 0. The molecule has 0 saturated carbocycles. The van der Waals surface area contributed by atoms with E-state index in [9.17, 15) is 12.6 Å². The van der Waals surface area contributed by atoms with E-state index < -0.39 is 20.8 Å². The molecular formula is C11H19N3O3S2. The Hall–Kier alpha value is -1.12. The van der Waals surface area contributed by atoms with Crippen molar-refractivity contribution in [3.05, 3.63) is 18.2 Å². The molecule has 0 amide bonds. The number of nitrogen functional groups attached to an aromatic ring is 1. The van der Waals surface area contributed by atoms with E-state index in [0.717, 1.165) is 0 Å². The van der Waals surface area contributed by atoms with Gasteiger partial charge in [-0.25, -0.2) is 13.6 Å². The number of anilines is 2. The SMILES string of the molecule is CC(CCNc1ccc(N)cc1S(N)(=O)=O)S(C)=O. The molecule has 0 fully saturated rings. The first-order chi connectivity index (χ1) is 8.71. The second kappa shape index (κ2) is 6.36. The average molecular weight is 305 g/mol. The maximum absolute atomic E-state index is 11.4. The van der Waals surface area contributed by atoms with Crippen molar-refractivity contribution >= 4 is 32.2 Å². The zero-order chi connectivity index (χ0) is 14.6. The number of nitrogens with two attached hydrogens (primary N) is 2. The zero-order valence-electron chi connectivity index (χ0n) is 10.9. The van der Waals surface area contributed by atoms with E-state index in [2.05, 4.69) is 5.32 Å². The minimum Gasteiger partial charge on any atom is -0.399 e. The molecule has 0 heterocycles. The highest BCUT2D eigenvalue weighted by molar-refractivity contribution is 7.89. The molecule has 6 nitrogen and oxygen atoms in total. The van der Waals surface area contributed by atoms with Crippen molar-refractivity contribution in [1.29, 1.82) is 0 Å². The number of benzene rings is 1. The summed E-state index contributed by atoms with van der Waals surface area (Å²) in [7, 11) is -4.72. The van der Waals surface area contributed by atoms with Crippen LogP contribution in [-0.2, 0) is 20.8 Å². The Morgan fingerprint density at radius 1 is 1.42 bits per heavy atom. The van der Waals surface area contributed by atoms with Gasteiger partial charge in [0.05, 0.1) is 5.69 Å². The van der Waals surface area contributed by atoms with Gasteiger partial charge in [-0.3, -0.25) is 4.21 Å². The Bertz CT molecular complexity index is 573.